The van der Waals surface area contributed by atoms with Crippen molar-refractivity contribution in [1.82, 2.24) is 25.1 Å². The monoisotopic (exact) mass is 620 g/mol. The van der Waals surface area contributed by atoms with Crippen LogP contribution in [0.5, 0.6) is 5.75 Å². The minimum absolute atomic E-state index is 0.0609. The summed E-state index contributed by atoms with van der Waals surface area (Å²) in [5.74, 6) is -2.86. The van der Waals surface area contributed by atoms with E-state index in [1.54, 1.807) is 64.1 Å². The number of methoxy groups -OCH3 is 2. The molecule has 0 radical (unpaired) electrons. The molecule has 4 aromatic rings. The van der Waals surface area contributed by atoms with Crippen LogP contribution in [0.1, 0.15) is 49.8 Å². The topological polar surface area (TPSA) is 168 Å². The smallest absolute Gasteiger partial charge is 0.412 e. The number of anilines is 1. The van der Waals surface area contributed by atoms with Gasteiger partial charge in [0, 0.05) is 0 Å². The van der Waals surface area contributed by atoms with Crippen molar-refractivity contribution < 1.29 is 32.7 Å². The Bertz CT molecular complexity index is 1770. The maximum Gasteiger partial charge on any atom is 0.412 e. The minimum Gasteiger partial charge on any atom is -0.494 e. The van der Waals surface area contributed by atoms with E-state index in [-0.39, 0.29) is 23.3 Å². The second kappa shape index (κ2) is 13.5. The fraction of sp³-hybridized carbons (Fsp3) is 0.323. The highest BCUT2D eigenvalue weighted by Crippen LogP contribution is 2.33. The lowest BCUT2D eigenvalue weighted by Gasteiger charge is -2.22. The number of carbonyl (C=O) groups is 3. The van der Waals surface area contributed by atoms with Crippen LogP contribution in [-0.4, -0.2) is 57.8 Å². The fourth-order valence-corrected chi connectivity index (χ4v) is 4.50. The van der Waals surface area contributed by atoms with Gasteiger partial charge in [-0.2, -0.15) is 0 Å². The maximum absolute atomic E-state index is 14.4. The molecule has 2 aromatic carbocycles. The number of nitrogens with zero attached hydrogens (tertiary/aromatic N) is 4. The van der Waals surface area contributed by atoms with Crippen molar-refractivity contribution in [1.29, 1.82) is 0 Å². The highest BCUT2D eigenvalue weighted by Gasteiger charge is 2.34. The third-order valence-electron chi connectivity index (χ3n) is 7.14. The maximum atomic E-state index is 14.4. The fourth-order valence-electron chi connectivity index (χ4n) is 4.50. The van der Waals surface area contributed by atoms with E-state index in [2.05, 4.69) is 30.6 Å². The number of amides is 2. The number of halogens is 1. The zero-order valence-electron chi connectivity index (χ0n) is 25.6. The summed E-state index contributed by atoms with van der Waals surface area (Å²) in [6.45, 7) is 6.39. The van der Waals surface area contributed by atoms with Crippen molar-refractivity contribution in [3.05, 3.63) is 88.2 Å². The van der Waals surface area contributed by atoms with Gasteiger partial charge in [0.1, 0.15) is 6.54 Å². The Morgan fingerprint density at radius 1 is 1.07 bits per heavy atom. The van der Waals surface area contributed by atoms with Crippen molar-refractivity contribution in [2.45, 2.75) is 45.7 Å². The highest BCUT2D eigenvalue weighted by molar-refractivity contribution is 5.98. The summed E-state index contributed by atoms with van der Waals surface area (Å²) in [6.07, 6.45) is 0.435. The Labute approximate surface area is 257 Å². The molecule has 2 aromatic heterocycles. The number of ketones is 1. The average Bonchev–Trinajstić information content (AvgIpc) is 3.53. The van der Waals surface area contributed by atoms with Crippen LogP contribution in [0.2, 0.25) is 0 Å². The molecule has 1 unspecified atom stereocenters. The molecule has 2 heterocycles. The second-order valence-electron chi connectivity index (χ2n) is 10.9. The number of rotatable bonds is 11. The van der Waals surface area contributed by atoms with Gasteiger partial charge in [-0.3, -0.25) is 24.3 Å². The molecular formula is C31H33FN6O7. The van der Waals surface area contributed by atoms with Crippen LogP contribution in [0.25, 0.3) is 11.3 Å². The van der Waals surface area contributed by atoms with Gasteiger partial charge in [0.05, 0.1) is 37.6 Å². The number of carbonyl (C=O) groups excluding carboxylic acids is 3. The summed E-state index contributed by atoms with van der Waals surface area (Å²) < 4.78 is 30.8. The van der Waals surface area contributed by atoms with E-state index >= 15 is 0 Å². The van der Waals surface area contributed by atoms with Gasteiger partial charge in [0.15, 0.2) is 11.6 Å². The van der Waals surface area contributed by atoms with Crippen molar-refractivity contribution in [2.75, 3.05) is 19.5 Å². The number of Topliss-reactive ketones (excluding diaryl/α,β-unsaturated/α-hetero) is 1. The van der Waals surface area contributed by atoms with Gasteiger partial charge in [0.2, 0.25) is 23.4 Å². The summed E-state index contributed by atoms with van der Waals surface area (Å²) >= 11 is 0. The third-order valence-corrected chi connectivity index (χ3v) is 7.14. The molecule has 14 heteroatoms. The molecule has 13 nitrogen and oxygen atoms in total. The van der Waals surface area contributed by atoms with E-state index in [4.69, 9.17) is 9.15 Å². The Balaban J connectivity index is 1.59. The summed E-state index contributed by atoms with van der Waals surface area (Å²) in [5.41, 5.74) is -0.328. The first-order chi connectivity index (χ1) is 21.4. The standard InChI is InChI=1S/C31H33FN6O7/c1-17(2)24(25(40)27-36-37-29(45-27)31(3,4)19-12-13-22(43-5)20(32)14-19)34-23(39)16-38-21(18-10-8-7-9-11-18)15-33-26(28(38)41)35-30(42)44-6/h7-15,17,24H,16H2,1-6H3,(H,34,39)(H,33,35,42). The molecule has 2 N–H and O–H groups in total. The lowest BCUT2D eigenvalue weighted by atomic mass is 9.84. The molecule has 4 rings (SSSR count). The summed E-state index contributed by atoms with van der Waals surface area (Å²) in [4.78, 5) is 56.0. The van der Waals surface area contributed by atoms with E-state index in [9.17, 15) is 23.6 Å². The Kier molecular flexibility index (Phi) is 9.75. The van der Waals surface area contributed by atoms with Crippen molar-refractivity contribution in [2.24, 2.45) is 5.92 Å². The zero-order chi connectivity index (χ0) is 32.9. The van der Waals surface area contributed by atoms with Crippen LogP contribution in [0, 0.1) is 11.7 Å². The van der Waals surface area contributed by atoms with E-state index < -0.39 is 53.1 Å². The molecule has 0 saturated carbocycles. The molecule has 2 amide bonds. The van der Waals surface area contributed by atoms with Crippen LogP contribution in [-0.2, 0) is 21.5 Å². The summed E-state index contributed by atoms with van der Waals surface area (Å²) in [7, 11) is 2.50. The normalized spacial score (nSPS) is 12.0. The number of aromatic nitrogens is 4. The molecule has 0 bridgehead atoms. The molecule has 0 saturated heterocycles. The van der Waals surface area contributed by atoms with Gasteiger partial charge < -0.3 is 19.2 Å². The molecule has 1 atom stereocenters. The first-order valence-electron chi connectivity index (χ1n) is 13.9. The number of benzene rings is 2. The SMILES string of the molecule is COC(=O)Nc1ncc(-c2ccccc2)n(CC(=O)NC(C(=O)c2nnc(C(C)(C)c3ccc(OC)c(F)c3)o2)C(C)C)c1=O. The van der Waals surface area contributed by atoms with E-state index in [0.717, 1.165) is 11.7 Å². The van der Waals surface area contributed by atoms with Gasteiger partial charge in [-0.15, -0.1) is 10.2 Å². The van der Waals surface area contributed by atoms with Crippen molar-refractivity contribution in [3.63, 3.8) is 0 Å². The molecule has 45 heavy (non-hydrogen) atoms. The Hall–Kier alpha value is -5.40. The first kappa shape index (κ1) is 32.5. The predicted octanol–water partition coefficient (Wildman–Crippen LogP) is 3.97. The van der Waals surface area contributed by atoms with Crippen LogP contribution in [0.15, 0.2) is 63.9 Å². The van der Waals surface area contributed by atoms with Crippen LogP contribution in [0.4, 0.5) is 15.0 Å². The summed E-state index contributed by atoms with van der Waals surface area (Å²) in [5, 5.41) is 12.9. The molecule has 0 aliphatic carbocycles. The predicted molar refractivity (Wildman–Crippen MR) is 160 cm³/mol. The van der Waals surface area contributed by atoms with Crippen molar-refractivity contribution in [3.8, 4) is 17.0 Å². The second-order valence-corrected chi connectivity index (χ2v) is 10.9. The van der Waals surface area contributed by atoms with E-state index in [1.165, 1.54) is 25.4 Å². The van der Waals surface area contributed by atoms with Crippen molar-refractivity contribution >= 4 is 23.6 Å². The Morgan fingerprint density at radius 3 is 2.40 bits per heavy atom. The minimum atomic E-state index is -1.10. The van der Waals surface area contributed by atoms with Gasteiger partial charge in [-0.05, 0) is 43.0 Å². The lowest BCUT2D eigenvalue weighted by Crippen LogP contribution is -2.46. The number of hydrogen-bond donors (Lipinski definition) is 2. The van der Waals surface area contributed by atoms with Crippen LogP contribution >= 0.6 is 0 Å². The van der Waals surface area contributed by atoms with Crippen LogP contribution < -0.4 is 20.9 Å². The zero-order valence-corrected chi connectivity index (χ0v) is 25.6. The quantitative estimate of drug-likeness (QED) is 0.234. The largest absolute Gasteiger partial charge is 0.494 e. The molecule has 0 spiro atoms. The van der Waals surface area contributed by atoms with Gasteiger partial charge >= 0.3 is 6.09 Å². The molecule has 0 aliphatic heterocycles. The van der Waals surface area contributed by atoms with Gasteiger partial charge in [-0.25, -0.2) is 14.2 Å². The molecule has 236 valence electrons. The first-order valence-corrected chi connectivity index (χ1v) is 13.9. The van der Waals surface area contributed by atoms with Gasteiger partial charge in [0.25, 0.3) is 11.4 Å². The average molecular weight is 621 g/mol. The van der Waals surface area contributed by atoms with Crippen LogP contribution in [0.3, 0.4) is 0 Å². The number of hydrogen-bond acceptors (Lipinski definition) is 10. The molecular weight excluding hydrogens is 587 g/mol. The number of ether oxygens (including phenoxy) is 2. The number of nitrogens with one attached hydrogen (secondary N) is 2. The lowest BCUT2D eigenvalue weighted by molar-refractivity contribution is -0.122. The van der Waals surface area contributed by atoms with E-state index in [1.807, 2.05) is 0 Å². The van der Waals surface area contributed by atoms with Gasteiger partial charge in [-0.1, -0.05) is 50.2 Å². The molecule has 0 fully saturated rings. The molecule has 0 aliphatic rings. The Morgan fingerprint density at radius 2 is 1.78 bits per heavy atom. The third kappa shape index (κ3) is 7.06. The highest BCUT2D eigenvalue weighted by atomic mass is 19.1. The summed E-state index contributed by atoms with van der Waals surface area (Å²) in [6, 6.07) is 12.1. The van der Waals surface area contributed by atoms with E-state index in [0.29, 0.717) is 16.8 Å².